The van der Waals surface area contributed by atoms with Crippen molar-refractivity contribution >= 4 is 0 Å². The number of nitrogens with one attached hydrogen (secondary N) is 1. The van der Waals surface area contributed by atoms with Gasteiger partial charge >= 0.3 is 0 Å². The van der Waals surface area contributed by atoms with Crippen molar-refractivity contribution in [2.75, 3.05) is 6.54 Å². The third-order valence-electron chi connectivity index (χ3n) is 3.12. The monoisotopic (exact) mass is 250 g/mol. The molecule has 1 heterocycles. The molecule has 0 spiro atoms. The van der Waals surface area contributed by atoms with Crippen LogP contribution in [-0.4, -0.2) is 11.1 Å². The molecule has 3 heteroatoms. The maximum absolute atomic E-state index is 12.1. The van der Waals surface area contributed by atoms with E-state index in [1.54, 1.807) is 0 Å². The molecule has 1 rings (SSSR count). The summed E-state index contributed by atoms with van der Waals surface area (Å²) < 4.78 is 1.84. The van der Waals surface area contributed by atoms with Crippen molar-refractivity contribution in [1.29, 1.82) is 0 Å². The molecule has 0 aliphatic heterocycles. The first-order chi connectivity index (χ1) is 8.79. The summed E-state index contributed by atoms with van der Waals surface area (Å²) in [6.07, 6.45) is 7.70. The van der Waals surface area contributed by atoms with Crippen LogP contribution in [0, 0.1) is 0 Å². The van der Waals surface area contributed by atoms with Crippen LogP contribution in [0.5, 0.6) is 0 Å². The zero-order valence-corrected chi connectivity index (χ0v) is 11.7. The standard InChI is InChI=1S/C15H26N2O/c1-3-5-7-11-17-12-8-9-14(15(17)18)13-16-10-6-4-2/h8-9,12,16H,3-7,10-11,13H2,1-2H3. The predicted molar refractivity (Wildman–Crippen MR) is 76.8 cm³/mol. The zero-order chi connectivity index (χ0) is 13.2. The number of hydrogen-bond donors (Lipinski definition) is 1. The lowest BCUT2D eigenvalue weighted by atomic mass is 10.2. The molecule has 102 valence electrons. The highest BCUT2D eigenvalue weighted by Crippen LogP contribution is 1.98. The minimum atomic E-state index is 0.164. The van der Waals surface area contributed by atoms with Gasteiger partial charge in [0, 0.05) is 24.8 Å². The highest BCUT2D eigenvalue weighted by atomic mass is 16.1. The molecule has 0 atom stereocenters. The van der Waals surface area contributed by atoms with Gasteiger partial charge in [-0.15, -0.1) is 0 Å². The van der Waals surface area contributed by atoms with Gasteiger partial charge in [0.25, 0.3) is 5.56 Å². The number of hydrogen-bond acceptors (Lipinski definition) is 2. The molecule has 0 aliphatic carbocycles. The average Bonchev–Trinajstić information content (AvgIpc) is 2.38. The van der Waals surface area contributed by atoms with Crippen LogP contribution in [0.2, 0.25) is 0 Å². The minimum Gasteiger partial charge on any atom is -0.315 e. The Morgan fingerprint density at radius 3 is 2.67 bits per heavy atom. The molecule has 0 fully saturated rings. The van der Waals surface area contributed by atoms with Gasteiger partial charge in [0.2, 0.25) is 0 Å². The van der Waals surface area contributed by atoms with Crippen LogP contribution < -0.4 is 10.9 Å². The minimum absolute atomic E-state index is 0.164. The van der Waals surface area contributed by atoms with Crippen LogP contribution in [0.4, 0.5) is 0 Å². The Morgan fingerprint density at radius 1 is 1.17 bits per heavy atom. The molecule has 18 heavy (non-hydrogen) atoms. The van der Waals surface area contributed by atoms with Crippen LogP contribution >= 0.6 is 0 Å². The third-order valence-corrected chi connectivity index (χ3v) is 3.12. The summed E-state index contributed by atoms with van der Waals surface area (Å²) in [5, 5.41) is 3.32. The molecule has 1 aromatic heterocycles. The van der Waals surface area contributed by atoms with Gasteiger partial charge < -0.3 is 9.88 Å². The van der Waals surface area contributed by atoms with Crippen molar-refractivity contribution in [3.05, 3.63) is 34.2 Å². The van der Waals surface area contributed by atoms with Gasteiger partial charge in [-0.1, -0.05) is 39.2 Å². The number of rotatable bonds is 9. The lowest BCUT2D eigenvalue weighted by Gasteiger charge is -2.08. The zero-order valence-electron chi connectivity index (χ0n) is 11.7. The fraction of sp³-hybridized carbons (Fsp3) is 0.667. The SMILES string of the molecule is CCCCCn1cccc(CNCCCC)c1=O. The van der Waals surface area contributed by atoms with E-state index in [9.17, 15) is 4.79 Å². The second kappa shape index (κ2) is 8.92. The summed E-state index contributed by atoms with van der Waals surface area (Å²) in [7, 11) is 0. The summed E-state index contributed by atoms with van der Waals surface area (Å²) >= 11 is 0. The summed E-state index contributed by atoms with van der Waals surface area (Å²) in [6.45, 7) is 6.87. The molecule has 3 nitrogen and oxygen atoms in total. The molecule has 1 aromatic rings. The Balaban J connectivity index is 2.52. The number of nitrogens with zero attached hydrogens (tertiary/aromatic N) is 1. The molecule has 0 bridgehead atoms. The van der Waals surface area contributed by atoms with E-state index in [0.717, 1.165) is 31.5 Å². The van der Waals surface area contributed by atoms with E-state index < -0.39 is 0 Å². The highest BCUT2D eigenvalue weighted by Gasteiger charge is 2.02. The van der Waals surface area contributed by atoms with Crippen molar-refractivity contribution in [3.8, 4) is 0 Å². The largest absolute Gasteiger partial charge is 0.315 e. The first kappa shape index (κ1) is 15.0. The summed E-state index contributed by atoms with van der Waals surface area (Å²) in [5.41, 5.74) is 1.04. The van der Waals surface area contributed by atoms with Crippen LogP contribution in [0.25, 0.3) is 0 Å². The Morgan fingerprint density at radius 2 is 1.94 bits per heavy atom. The van der Waals surface area contributed by atoms with E-state index in [0.29, 0.717) is 6.54 Å². The summed E-state index contributed by atoms with van der Waals surface area (Å²) in [5.74, 6) is 0. The molecule has 0 amide bonds. The van der Waals surface area contributed by atoms with E-state index in [-0.39, 0.29) is 5.56 Å². The normalized spacial score (nSPS) is 10.8. The van der Waals surface area contributed by atoms with Gasteiger partial charge in [-0.3, -0.25) is 4.79 Å². The van der Waals surface area contributed by atoms with E-state index >= 15 is 0 Å². The lowest BCUT2D eigenvalue weighted by Crippen LogP contribution is -2.27. The first-order valence-electron chi connectivity index (χ1n) is 7.18. The summed E-state index contributed by atoms with van der Waals surface area (Å²) in [6, 6.07) is 3.90. The van der Waals surface area contributed by atoms with E-state index in [1.165, 1.54) is 19.3 Å². The van der Waals surface area contributed by atoms with Gasteiger partial charge in [0.15, 0.2) is 0 Å². The molecular formula is C15H26N2O. The van der Waals surface area contributed by atoms with Crippen LogP contribution in [0.3, 0.4) is 0 Å². The first-order valence-corrected chi connectivity index (χ1v) is 7.18. The topological polar surface area (TPSA) is 34.0 Å². The Bertz CT molecular complexity index is 384. The molecule has 0 aliphatic rings. The second-order valence-electron chi connectivity index (χ2n) is 4.77. The molecule has 0 saturated carbocycles. The van der Waals surface area contributed by atoms with E-state index in [1.807, 2.05) is 22.9 Å². The molecule has 0 aromatic carbocycles. The Kier molecular flexibility index (Phi) is 7.42. The lowest BCUT2D eigenvalue weighted by molar-refractivity contribution is 0.576. The molecule has 1 N–H and O–H groups in total. The smallest absolute Gasteiger partial charge is 0.255 e. The molecule has 0 saturated heterocycles. The maximum Gasteiger partial charge on any atom is 0.255 e. The number of aryl methyl sites for hydroxylation is 1. The van der Waals surface area contributed by atoms with E-state index in [2.05, 4.69) is 19.2 Å². The highest BCUT2D eigenvalue weighted by molar-refractivity contribution is 5.10. The fourth-order valence-corrected chi connectivity index (χ4v) is 1.95. The van der Waals surface area contributed by atoms with Gasteiger partial charge in [-0.05, 0) is 25.5 Å². The molecule has 0 radical (unpaired) electrons. The fourth-order valence-electron chi connectivity index (χ4n) is 1.95. The van der Waals surface area contributed by atoms with Gasteiger partial charge in [0.05, 0.1) is 0 Å². The quantitative estimate of drug-likeness (QED) is 0.684. The van der Waals surface area contributed by atoms with Crippen LogP contribution in [0.1, 0.15) is 51.5 Å². The average molecular weight is 250 g/mol. The number of aromatic nitrogens is 1. The van der Waals surface area contributed by atoms with Crippen molar-refractivity contribution < 1.29 is 0 Å². The predicted octanol–water partition coefficient (Wildman–Crippen LogP) is 2.93. The van der Waals surface area contributed by atoms with Crippen LogP contribution in [-0.2, 0) is 13.1 Å². The maximum atomic E-state index is 12.1. The van der Waals surface area contributed by atoms with Crippen LogP contribution in [0.15, 0.2) is 23.1 Å². The number of unbranched alkanes of at least 4 members (excludes halogenated alkanes) is 3. The molecule has 0 unspecified atom stereocenters. The Labute approximate surface area is 110 Å². The van der Waals surface area contributed by atoms with Crippen molar-refractivity contribution in [1.82, 2.24) is 9.88 Å². The van der Waals surface area contributed by atoms with E-state index in [4.69, 9.17) is 0 Å². The Hall–Kier alpha value is -1.09. The van der Waals surface area contributed by atoms with Crippen molar-refractivity contribution in [3.63, 3.8) is 0 Å². The van der Waals surface area contributed by atoms with Gasteiger partial charge in [-0.2, -0.15) is 0 Å². The molecular weight excluding hydrogens is 224 g/mol. The summed E-state index contributed by atoms with van der Waals surface area (Å²) in [4.78, 5) is 12.1. The third kappa shape index (κ3) is 5.05. The second-order valence-corrected chi connectivity index (χ2v) is 4.77. The van der Waals surface area contributed by atoms with Crippen molar-refractivity contribution in [2.24, 2.45) is 0 Å². The number of pyridine rings is 1. The van der Waals surface area contributed by atoms with Gasteiger partial charge in [0.1, 0.15) is 0 Å². The van der Waals surface area contributed by atoms with Gasteiger partial charge in [-0.25, -0.2) is 0 Å². The van der Waals surface area contributed by atoms with Crippen molar-refractivity contribution in [2.45, 2.75) is 59.0 Å².